The number of fused-ring (bicyclic) bond motifs is 1. The van der Waals surface area contributed by atoms with Gasteiger partial charge in [0, 0.05) is 31.4 Å². The van der Waals surface area contributed by atoms with Crippen molar-refractivity contribution in [2.45, 2.75) is 38.3 Å². The predicted octanol–water partition coefficient (Wildman–Crippen LogP) is 2.15. The fourth-order valence-electron chi connectivity index (χ4n) is 3.37. The molecule has 8 heteroatoms. The van der Waals surface area contributed by atoms with Crippen LogP contribution in [0.1, 0.15) is 25.3 Å². The third-order valence-electron chi connectivity index (χ3n) is 4.93. The Hall–Kier alpha value is -2.77. The Kier molecular flexibility index (Phi) is 5.29. The van der Waals surface area contributed by atoms with E-state index >= 15 is 0 Å². The molecule has 2 aliphatic heterocycles. The second-order valence-electron chi connectivity index (χ2n) is 6.61. The minimum absolute atomic E-state index is 0.0465. The fourth-order valence-corrected chi connectivity index (χ4v) is 3.37. The molecule has 0 saturated carbocycles. The summed E-state index contributed by atoms with van der Waals surface area (Å²) >= 11 is 0. The first-order valence-electron chi connectivity index (χ1n) is 8.79. The molecule has 26 heavy (non-hydrogen) atoms. The number of carbonyl (C=O) groups is 3. The van der Waals surface area contributed by atoms with Crippen LogP contribution in [0.25, 0.3) is 0 Å². The number of piperidine rings is 1. The highest BCUT2D eigenvalue weighted by molar-refractivity contribution is 5.91. The maximum atomic E-state index is 12.6. The molecule has 0 aliphatic carbocycles. The smallest absolute Gasteiger partial charge is 0.410 e. The minimum atomic E-state index is -1.17. The maximum Gasteiger partial charge on any atom is 0.410 e. The summed E-state index contributed by atoms with van der Waals surface area (Å²) in [5.74, 6) is -1.17. The van der Waals surface area contributed by atoms with E-state index in [-0.39, 0.29) is 12.1 Å². The lowest BCUT2D eigenvalue weighted by atomic mass is 10.0. The van der Waals surface area contributed by atoms with Gasteiger partial charge >= 0.3 is 18.1 Å². The van der Waals surface area contributed by atoms with Crippen molar-refractivity contribution >= 4 is 23.8 Å². The molecule has 0 spiro atoms. The number of anilines is 1. The monoisotopic (exact) mass is 361 g/mol. The molecule has 1 fully saturated rings. The summed E-state index contributed by atoms with van der Waals surface area (Å²) in [7, 11) is 0. The summed E-state index contributed by atoms with van der Waals surface area (Å²) < 4.78 is 4.91. The van der Waals surface area contributed by atoms with Crippen molar-refractivity contribution in [1.29, 1.82) is 0 Å². The van der Waals surface area contributed by atoms with E-state index in [1.165, 1.54) is 11.8 Å². The van der Waals surface area contributed by atoms with Crippen LogP contribution in [-0.2, 0) is 16.0 Å². The highest BCUT2D eigenvalue weighted by atomic mass is 16.6. The molecular weight excluding hydrogens is 338 g/mol. The molecule has 1 aromatic rings. The van der Waals surface area contributed by atoms with Crippen LogP contribution in [0, 0.1) is 0 Å². The molecule has 1 atom stereocenters. The number of para-hydroxylation sites is 1. The number of carboxylic acids is 1. The van der Waals surface area contributed by atoms with Crippen LogP contribution in [-0.4, -0.2) is 64.8 Å². The molecule has 3 rings (SSSR count). The van der Waals surface area contributed by atoms with Crippen LogP contribution in [0.3, 0.4) is 0 Å². The first-order valence-corrected chi connectivity index (χ1v) is 8.79. The van der Waals surface area contributed by atoms with Gasteiger partial charge in [0.1, 0.15) is 0 Å². The summed E-state index contributed by atoms with van der Waals surface area (Å²) in [4.78, 5) is 38.7. The fraction of sp³-hybridized carbons (Fsp3) is 0.500. The van der Waals surface area contributed by atoms with E-state index in [1.807, 2.05) is 29.2 Å². The first-order chi connectivity index (χ1) is 12.5. The first kappa shape index (κ1) is 18.0. The highest BCUT2D eigenvalue weighted by Gasteiger charge is 2.32. The maximum absolute atomic E-state index is 12.6. The Labute approximate surface area is 151 Å². The lowest BCUT2D eigenvalue weighted by Gasteiger charge is -2.37. The molecule has 2 aliphatic rings. The van der Waals surface area contributed by atoms with E-state index in [2.05, 4.69) is 5.32 Å². The summed E-state index contributed by atoms with van der Waals surface area (Å²) in [6.45, 7) is 2.83. The van der Waals surface area contributed by atoms with Gasteiger partial charge in [0.15, 0.2) is 6.10 Å². The van der Waals surface area contributed by atoms with Crippen molar-refractivity contribution in [3.63, 3.8) is 0 Å². The number of likely N-dealkylation sites (tertiary alicyclic amines) is 1. The second kappa shape index (κ2) is 7.63. The van der Waals surface area contributed by atoms with Crippen molar-refractivity contribution in [1.82, 2.24) is 9.80 Å². The number of carboxylic acid groups (broad SMARTS) is 1. The van der Waals surface area contributed by atoms with Crippen LogP contribution < -0.4 is 5.32 Å². The van der Waals surface area contributed by atoms with Gasteiger partial charge in [0.05, 0.1) is 0 Å². The molecule has 2 heterocycles. The molecule has 1 aromatic carbocycles. The van der Waals surface area contributed by atoms with Gasteiger partial charge in [-0.15, -0.1) is 0 Å². The SMILES string of the molecule is CC(OC(=O)N1CCC(N2CCc3ccccc3NC2=O)CC1)C(=O)O. The number of aliphatic carboxylic acids is 1. The van der Waals surface area contributed by atoms with Crippen LogP contribution in [0.2, 0.25) is 0 Å². The van der Waals surface area contributed by atoms with E-state index in [0.717, 1.165) is 17.7 Å². The summed E-state index contributed by atoms with van der Waals surface area (Å²) in [5.41, 5.74) is 1.97. The Bertz CT molecular complexity index is 700. The lowest BCUT2D eigenvalue weighted by Crippen LogP contribution is -2.50. The second-order valence-corrected chi connectivity index (χ2v) is 6.61. The van der Waals surface area contributed by atoms with E-state index in [9.17, 15) is 14.4 Å². The quantitative estimate of drug-likeness (QED) is 0.859. The van der Waals surface area contributed by atoms with Gasteiger partial charge in [-0.3, -0.25) is 0 Å². The molecule has 1 saturated heterocycles. The number of amides is 3. The highest BCUT2D eigenvalue weighted by Crippen LogP contribution is 2.24. The van der Waals surface area contributed by atoms with Crippen molar-refractivity contribution in [3.8, 4) is 0 Å². The van der Waals surface area contributed by atoms with E-state index in [4.69, 9.17) is 9.84 Å². The van der Waals surface area contributed by atoms with E-state index in [0.29, 0.717) is 32.5 Å². The molecule has 0 bridgehead atoms. The zero-order chi connectivity index (χ0) is 18.7. The van der Waals surface area contributed by atoms with Crippen LogP contribution in [0.5, 0.6) is 0 Å². The Morgan fingerprint density at radius 3 is 2.62 bits per heavy atom. The number of benzene rings is 1. The van der Waals surface area contributed by atoms with Crippen molar-refractivity contribution in [2.75, 3.05) is 25.0 Å². The van der Waals surface area contributed by atoms with E-state index < -0.39 is 18.2 Å². The Morgan fingerprint density at radius 1 is 1.23 bits per heavy atom. The molecule has 0 aromatic heterocycles. The van der Waals surface area contributed by atoms with Gasteiger partial charge in [0.25, 0.3) is 0 Å². The predicted molar refractivity (Wildman–Crippen MR) is 94.0 cm³/mol. The number of rotatable bonds is 3. The molecular formula is C18H23N3O5. The lowest BCUT2D eigenvalue weighted by molar-refractivity contribution is -0.146. The van der Waals surface area contributed by atoms with Crippen molar-refractivity contribution in [2.24, 2.45) is 0 Å². The van der Waals surface area contributed by atoms with Crippen LogP contribution in [0.4, 0.5) is 15.3 Å². The molecule has 1 unspecified atom stereocenters. The number of nitrogens with zero attached hydrogens (tertiary/aromatic N) is 2. The van der Waals surface area contributed by atoms with Gasteiger partial charge in [-0.1, -0.05) is 18.2 Å². The molecule has 140 valence electrons. The van der Waals surface area contributed by atoms with Crippen molar-refractivity contribution < 1.29 is 24.2 Å². The van der Waals surface area contributed by atoms with Gasteiger partial charge in [0.2, 0.25) is 0 Å². The minimum Gasteiger partial charge on any atom is -0.479 e. The average molecular weight is 361 g/mol. The number of carbonyl (C=O) groups excluding carboxylic acids is 2. The zero-order valence-electron chi connectivity index (χ0n) is 14.7. The van der Waals surface area contributed by atoms with Crippen LogP contribution >= 0.6 is 0 Å². The standard InChI is InChI=1S/C18H23N3O5/c1-12(16(22)23)26-18(25)20-9-7-14(8-10-20)21-11-6-13-4-2-3-5-15(13)19-17(21)24/h2-5,12,14H,6-11H2,1H3,(H,19,24)(H,22,23). The Balaban J connectivity index is 1.56. The third-order valence-corrected chi connectivity index (χ3v) is 4.93. The van der Waals surface area contributed by atoms with Gasteiger partial charge in [-0.05, 0) is 37.8 Å². The molecule has 8 nitrogen and oxygen atoms in total. The van der Waals surface area contributed by atoms with Crippen LogP contribution in [0.15, 0.2) is 24.3 Å². The zero-order valence-corrected chi connectivity index (χ0v) is 14.7. The number of nitrogens with one attached hydrogen (secondary N) is 1. The average Bonchev–Trinajstić information content (AvgIpc) is 2.80. The van der Waals surface area contributed by atoms with Crippen molar-refractivity contribution in [3.05, 3.63) is 29.8 Å². The molecule has 0 radical (unpaired) electrons. The number of urea groups is 1. The topological polar surface area (TPSA) is 99.2 Å². The summed E-state index contributed by atoms with van der Waals surface area (Å²) in [5, 5.41) is 11.8. The Morgan fingerprint density at radius 2 is 1.92 bits per heavy atom. The van der Waals surface area contributed by atoms with Gasteiger partial charge in [-0.2, -0.15) is 0 Å². The van der Waals surface area contributed by atoms with E-state index in [1.54, 1.807) is 0 Å². The largest absolute Gasteiger partial charge is 0.479 e. The summed E-state index contributed by atoms with van der Waals surface area (Å²) in [6, 6.07) is 7.71. The summed E-state index contributed by atoms with van der Waals surface area (Å²) in [6.07, 6.45) is 0.273. The van der Waals surface area contributed by atoms with Gasteiger partial charge < -0.3 is 25.0 Å². The van der Waals surface area contributed by atoms with Gasteiger partial charge in [-0.25, -0.2) is 14.4 Å². The number of hydrogen-bond donors (Lipinski definition) is 2. The molecule has 3 amide bonds. The molecule has 2 N–H and O–H groups in total. The number of hydrogen-bond acceptors (Lipinski definition) is 4. The number of ether oxygens (including phenoxy) is 1. The normalized spacial score (nSPS) is 19.2. The third kappa shape index (κ3) is 3.89.